The highest BCUT2D eigenvalue weighted by molar-refractivity contribution is 7.00. The van der Waals surface area contributed by atoms with Crippen molar-refractivity contribution in [2.75, 3.05) is 14.7 Å². The van der Waals surface area contributed by atoms with Gasteiger partial charge < -0.3 is 19.3 Å². The van der Waals surface area contributed by atoms with Crippen LogP contribution in [0.15, 0.2) is 206 Å². The monoisotopic (exact) mass is 1020 g/mol. The molecule has 78 heavy (non-hydrogen) atoms. The molecule has 2 aliphatic rings. The SMILES string of the molecule is Cn1c2c(c3cc(C(C)(C)C)ccc31)N(c1ccc(C(C)(C)C)cc1)c1cc(-c3ccccc3)cc3c1B2c1ccc(N(c2ccc(C(C)(C)C)cc2)c2ccccc2-c2ccccc2)cc1N3c1ccc(C(C)(C)C)cc1. The first-order valence-corrected chi connectivity index (χ1v) is 28.0. The highest BCUT2D eigenvalue weighted by Crippen LogP contribution is 2.51. The summed E-state index contributed by atoms with van der Waals surface area (Å²) in [7, 11) is 2.30. The quantitative estimate of drug-likeness (QED) is 0.148. The molecule has 4 nitrogen and oxygen atoms in total. The lowest BCUT2D eigenvalue weighted by Gasteiger charge is -2.44. The Hall–Kier alpha value is -8.02. The van der Waals surface area contributed by atoms with Crippen molar-refractivity contribution in [3.63, 3.8) is 0 Å². The van der Waals surface area contributed by atoms with Crippen molar-refractivity contribution < 1.29 is 0 Å². The molecule has 1 aromatic heterocycles. The maximum absolute atomic E-state index is 2.61. The lowest BCUT2D eigenvalue weighted by molar-refractivity contribution is 0.590. The van der Waals surface area contributed by atoms with E-state index in [1.807, 2.05) is 0 Å². The molecule has 0 bridgehead atoms. The number of aryl methyl sites for hydroxylation is 1. The minimum Gasteiger partial charge on any atom is -0.353 e. The number of para-hydroxylation sites is 1. The van der Waals surface area contributed by atoms with E-state index >= 15 is 0 Å². The third-order valence-electron chi connectivity index (χ3n) is 16.6. The lowest BCUT2D eigenvalue weighted by atomic mass is 9.35. The summed E-state index contributed by atoms with van der Waals surface area (Å²) in [5.74, 6) is 0. The summed E-state index contributed by atoms with van der Waals surface area (Å²) in [4.78, 5) is 7.68. The Balaban J connectivity index is 1.20. The number of aromatic nitrogens is 1. The molecule has 0 spiro atoms. The van der Waals surface area contributed by atoms with Crippen LogP contribution in [-0.4, -0.2) is 11.3 Å². The third kappa shape index (κ3) is 8.72. The molecule has 9 aromatic carbocycles. The van der Waals surface area contributed by atoms with Gasteiger partial charge in [0.1, 0.15) is 0 Å². The molecule has 5 heteroatoms. The van der Waals surface area contributed by atoms with Crippen molar-refractivity contribution in [1.29, 1.82) is 0 Å². The van der Waals surface area contributed by atoms with Gasteiger partial charge in [-0.1, -0.05) is 210 Å². The van der Waals surface area contributed by atoms with Crippen molar-refractivity contribution in [3.05, 3.63) is 229 Å². The van der Waals surface area contributed by atoms with Crippen molar-refractivity contribution in [3.8, 4) is 22.3 Å². The molecule has 0 unspecified atom stereocenters. The summed E-state index contributed by atoms with van der Waals surface area (Å²) in [6, 6.07) is 78.3. The zero-order chi connectivity index (χ0) is 54.6. The number of benzene rings is 9. The Kier molecular flexibility index (Phi) is 12.1. The van der Waals surface area contributed by atoms with E-state index in [2.05, 4.69) is 316 Å². The number of fused-ring (bicyclic) bond motifs is 6. The summed E-state index contributed by atoms with van der Waals surface area (Å²) < 4.78 is 2.51. The average molecular weight is 1020 g/mol. The largest absolute Gasteiger partial charge is 0.353 e. The van der Waals surface area contributed by atoms with Gasteiger partial charge in [-0.15, -0.1) is 0 Å². The summed E-state index contributed by atoms with van der Waals surface area (Å²) >= 11 is 0. The van der Waals surface area contributed by atoms with Crippen LogP contribution in [0.2, 0.25) is 0 Å². The molecule has 388 valence electrons. The minimum atomic E-state index is -0.110. The van der Waals surface area contributed by atoms with Gasteiger partial charge in [0.05, 0.1) is 11.4 Å². The number of nitrogens with zero attached hydrogens (tertiary/aromatic N) is 4. The van der Waals surface area contributed by atoms with Crippen LogP contribution in [0.3, 0.4) is 0 Å². The second kappa shape index (κ2) is 18.6. The molecule has 3 heterocycles. The van der Waals surface area contributed by atoms with E-state index in [0.29, 0.717) is 0 Å². The van der Waals surface area contributed by atoms with E-state index < -0.39 is 0 Å². The molecule has 2 aliphatic heterocycles. The van der Waals surface area contributed by atoms with Crippen LogP contribution in [0.25, 0.3) is 33.2 Å². The molecule has 0 N–H and O–H groups in total. The molecule has 10 aromatic rings. The van der Waals surface area contributed by atoms with Gasteiger partial charge in [-0.05, 0) is 150 Å². The first-order chi connectivity index (χ1) is 37.1. The second-order valence-electron chi connectivity index (χ2n) is 26.0. The lowest BCUT2D eigenvalue weighted by Crippen LogP contribution is -2.62. The van der Waals surface area contributed by atoms with Crippen molar-refractivity contribution in [2.45, 2.75) is 105 Å². The summed E-state index contributed by atoms with van der Waals surface area (Å²) in [6.45, 7) is 27.6. The third-order valence-corrected chi connectivity index (χ3v) is 16.6. The maximum atomic E-state index is 2.61. The van der Waals surface area contributed by atoms with Crippen LogP contribution in [0.5, 0.6) is 0 Å². The van der Waals surface area contributed by atoms with Crippen LogP contribution >= 0.6 is 0 Å². The zero-order valence-corrected chi connectivity index (χ0v) is 48.0. The first-order valence-electron chi connectivity index (χ1n) is 28.0. The molecule has 0 saturated heterocycles. The smallest absolute Gasteiger partial charge is 0.272 e. The van der Waals surface area contributed by atoms with Gasteiger partial charge in [0.25, 0.3) is 6.71 Å². The van der Waals surface area contributed by atoms with Gasteiger partial charge >= 0.3 is 0 Å². The van der Waals surface area contributed by atoms with E-state index in [4.69, 9.17) is 0 Å². The molecule has 0 atom stereocenters. The van der Waals surface area contributed by atoms with Gasteiger partial charge in [0, 0.05) is 68.9 Å². The van der Waals surface area contributed by atoms with Crippen molar-refractivity contribution >= 4 is 85.3 Å². The Morgan fingerprint density at radius 1 is 0.385 bits per heavy atom. The van der Waals surface area contributed by atoms with E-state index in [1.54, 1.807) is 0 Å². The van der Waals surface area contributed by atoms with Crippen LogP contribution in [0.1, 0.15) is 105 Å². The van der Waals surface area contributed by atoms with Crippen LogP contribution in [0.4, 0.5) is 51.2 Å². The number of hydrogen-bond donors (Lipinski definition) is 0. The molecule has 0 aliphatic carbocycles. The molecule has 0 fully saturated rings. The normalized spacial score (nSPS) is 13.4. The van der Waals surface area contributed by atoms with E-state index in [0.717, 1.165) is 34.1 Å². The standard InChI is InChI=1S/C73H73BN4/c1-70(2,3)51-28-35-55(36-29-51)76(63-27-21-20-26-59(63)49-24-18-15-19-25-49)58-41-42-61-64(47-58)77(56-37-30-52(31-38-56)71(4,5)6)65-44-50(48-22-16-14-17-23-48)45-66-67(65)74(61)69-68(78(66)57-39-32-53(33-40-57)72(7,8)9)60-46-54(73(10,11)12)34-43-62(60)75(69)13/h14-47H,1-13H3. The topological polar surface area (TPSA) is 14.7 Å². The van der Waals surface area contributed by atoms with Gasteiger partial charge in [-0.2, -0.15) is 0 Å². The average Bonchev–Trinajstić information content (AvgIpc) is 3.94. The number of anilines is 9. The van der Waals surface area contributed by atoms with E-state index in [-0.39, 0.29) is 28.4 Å². The predicted molar refractivity (Wildman–Crippen MR) is 337 cm³/mol. The summed E-state index contributed by atoms with van der Waals surface area (Å²) in [5.41, 5.74) is 25.3. The molecule has 0 radical (unpaired) electrons. The van der Waals surface area contributed by atoms with Crippen molar-refractivity contribution in [1.82, 2.24) is 4.57 Å². The van der Waals surface area contributed by atoms with Gasteiger partial charge in [0.15, 0.2) is 0 Å². The molecule has 0 saturated carbocycles. The van der Waals surface area contributed by atoms with Gasteiger partial charge in [-0.3, -0.25) is 0 Å². The molecule has 0 amide bonds. The fourth-order valence-corrected chi connectivity index (χ4v) is 12.2. The van der Waals surface area contributed by atoms with Crippen LogP contribution in [0, 0.1) is 0 Å². The Morgan fingerprint density at radius 3 is 1.42 bits per heavy atom. The zero-order valence-electron chi connectivity index (χ0n) is 48.0. The highest BCUT2D eigenvalue weighted by atomic mass is 15.2. The van der Waals surface area contributed by atoms with Gasteiger partial charge in [0.2, 0.25) is 0 Å². The maximum Gasteiger partial charge on any atom is 0.272 e. The summed E-state index contributed by atoms with van der Waals surface area (Å²) in [6.07, 6.45) is 0. The van der Waals surface area contributed by atoms with Crippen molar-refractivity contribution in [2.24, 2.45) is 7.05 Å². The van der Waals surface area contributed by atoms with E-state index in [1.165, 1.54) is 89.0 Å². The van der Waals surface area contributed by atoms with E-state index in [9.17, 15) is 0 Å². The predicted octanol–water partition coefficient (Wildman–Crippen LogP) is 18.3. The van der Waals surface area contributed by atoms with Crippen LogP contribution < -0.4 is 31.2 Å². The minimum absolute atomic E-state index is 0.00478. The number of hydrogen-bond acceptors (Lipinski definition) is 3. The van der Waals surface area contributed by atoms with Gasteiger partial charge in [-0.25, -0.2) is 0 Å². The van der Waals surface area contributed by atoms with Crippen LogP contribution in [-0.2, 0) is 28.7 Å². The Morgan fingerprint density at radius 2 is 0.859 bits per heavy atom. The molecular formula is C73H73BN4. The fraction of sp³-hybridized carbons (Fsp3) is 0.233. The Bertz CT molecular complexity index is 3880. The fourth-order valence-electron chi connectivity index (χ4n) is 12.2. The Labute approximate surface area is 464 Å². The highest BCUT2D eigenvalue weighted by Gasteiger charge is 2.47. The number of rotatable bonds is 7. The first kappa shape index (κ1) is 50.8. The molecule has 12 rings (SSSR count). The second-order valence-corrected chi connectivity index (χ2v) is 26.0. The summed E-state index contributed by atoms with van der Waals surface area (Å²) in [5, 5.41) is 1.26. The molecular weight excluding hydrogens is 944 g/mol.